The number of benzene rings is 1. The molecule has 0 spiro atoms. The third-order valence-electron chi connectivity index (χ3n) is 3.27. The van der Waals surface area contributed by atoms with Gasteiger partial charge in [-0.05, 0) is 43.7 Å². The van der Waals surface area contributed by atoms with E-state index in [0.717, 1.165) is 12.4 Å². The summed E-state index contributed by atoms with van der Waals surface area (Å²) in [5.41, 5.74) is 2.51. The van der Waals surface area contributed by atoms with Gasteiger partial charge in [0.15, 0.2) is 5.96 Å². The van der Waals surface area contributed by atoms with Gasteiger partial charge in [0, 0.05) is 31.5 Å². The average Bonchev–Trinajstić information content (AvgIpc) is 2.55. The topological polar surface area (TPSA) is 62.7 Å². The van der Waals surface area contributed by atoms with Gasteiger partial charge in [0.2, 0.25) is 0 Å². The molecule has 6 heteroatoms. The molecule has 0 bridgehead atoms. The molecule has 1 rings (SSSR count). The summed E-state index contributed by atoms with van der Waals surface area (Å²) in [7, 11) is 1.74. The van der Waals surface area contributed by atoms with E-state index in [1.807, 2.05) is 6.92 Å². The van der Waals surface area contributed by atoms with E-state index in [2.05, 4.69) is 47.0 Å². The van der Waals surface area contributed by atoms with E-state index < -0.39 is 0 Å². The molecule has 0 saturated heterocycles. The maximum Gasteiger partial charge on any atom is 0.305 e. The third kappa shape index (κ3) is 7.41. The fourth-order valence-corrected chi connectivity index (χ4v) is 2.78. The maximum atomic E-state index is 11.3. The fraction of sp³-hybridized carbons (Fsp3) is 0.529. The van der Waals surface area contributed by atoms with E-state index in [4.69, 9.17) is 4.74 Å². The van der Waals surface area contributed by atoms with Gasteiger partial charge in [-0.3, -0.25) is 9.79 Å². The predicted molar refractivity (Wildman–Crippen MR) is 97.0 cm³/mol. The van der Waals surface area contributed by atoms with Crippen LogP contribution in [0.2, 0.25) is 0 Å². The largest absolute Gasteiger partial charge is 0.466 e. The Hall–Kier alpha value is -1.69. The number of esters is 1. The molecule has 0 aliphatic rings. The Kier molecular flexibility index (Phi) is 9.21. The Morgan fingerprint density at radius 2 is 2.13 bits per heavy atom. The molecule has 5 nitrogen and oxygen atoms in total. The van der Waals surface area contributed by atoms with Crippen LogP contribution in [0.25, 0.3) is 0 Å². The lowest BCUT2D eigenvalue weighted by Crippen LogP contribution is -2.37. The van der Waals surface area contributed by atoms with Crippen molar-refractivity contribution in [3.05, 3.63) is 29.3 Å². The van der Waals surface area contributed by atoms with Crippen LogP contribution in [0.5, 0.6) is 0 Å². The first-order valence-corrected chi connectivity index (χ1v) is 9.06. The number of hydrogen-bond acceptors (Lipinski definition) is 4. The second-order valence-electron chi connectivity index (χ2n) is 5.08. The molecule has 128 valence electrons. The molecule has 1 aromatic carbocycles. The van der Waals surface area contributed by atoms with E-state index in [9.17, 15) is 4.79 Å². The normalized spacial score (nSPS) is 11.2. The summed E-state index contributed by atoms with van der Waals surface area (Å²) in [5.74, 6) is 0.586. The van der Waals surface area contributed by atoms with Crippen LogP contribution in [0, 0.1) is 6.92 Å². The number of thioether (sulfide) groups is 1. The van der Waals surface area contributed by atoms with Crippen LogP contribution in [0.1, 0.15) is 30.9 Å². The van der Waals surface area contributed by atoms with Crippen molar-refractivity contribution in [1.29, 1.82) is 0 Å². The Morgan fingerprint density at radius 1 is 1.35 bits per heavy atom. The van der Waals surface area contributed by atoms with Crippen molar-refractivity contribution in [3.63, 3.8) is 0 Å². The second-order valence-corrected chi connectivity index (χ2v) is 5.92. The molecular weight excluding hydrogens is 310 g/mol. The van der Waals surface area contributed by atoms with Gasteiger partial charge in [-0.2, -0.15) is 0 Å². The van der Waals surface area contributed by atoms with Gasteiger partial charge in [-0.15, -0.1) is 11.8 Å². The highest BCUT2D eigenvalue weighted by atomic mass is 32.2. The van der Waals surface area contributed by atoms with E-state index in [1.54, 1.807) is 18.8 Å². The highest BCUT2D eigenvalue weighted by Crippen LogP contribution is 2.21. The number of carbonyl (C=O) groups is 1. The molecule has 0 atom stereocenters. The summed E-state index contributed by atoms with van der Waals surface area (Å²) in [6.45, 7) is 5.75. The van der Waals surface area contributed by atoms with E-state index in [-0.39, 0.29) is 5.97 Å². The lowest BCUT2D eigenvalue weighted by atomic mass is 10.1. The summed E-state index contributed by atoms with van der Waals surface area (Å²) in [5, 5.41) is 6.51. The van der Waals surface area contributed by atoms with Crippen LogP contribution >= 0.6 is 11.8 Å². The van der Waals surface area contributed by atoms with E-state index >= 15 is 0 Å². The number of rotatable bonds is 8. The third-order valence-corrected chi connectivity index (χ3v) is 4.09. The molecule has 0 aromatic heterocycles. The number of hydrogen-bond donors (Lipinski definition) is 2. The lowest BCUT2D eigenvalue weighted by Gasteiger charge is -2.14. The zero-order chi connectivity index (χ0) is 17.1. The first-order valence-electron chi connectivity index (χ1n) is 7.84. The Labute approximate surface area is 143 Å². The van der Waals surface area contributed by atoms with Crippen LogP contribution in [0.3, 0.4) is 0 Å². The number of aryl methyl sites for hydroxylation is 1. The fourth-order valence-electron chi connectivity index (χ4n) is 2.07. The van der Waals surface area contributed by atoms with Gasteiger partial charge in [0.25, 0.3) is 0 Å². The SMILES string of the molecule is CCOC(=O)CCCNC(=NC)NCc1ccc(C)cc1SC. The predicted octanol–water partition coefficient (Wildman–Crippen LogP) is 2.73. The van der Waals surface area contributed by atoms with E-state index in [1.165, 1.54) is 16.0 Å². The summed E-state index contributed by atoms with van der Waals surface area (Å²) in [6.07, 6.45) is 3.23. The van der Waals surface area contributed by atoms with Gasteiger partial charge in [0.05, 0.1) is 6.61 Å². The molecule has 2 N–H and O–H groups in total. The molecule has 0 heterocycles. The van der Waals surface area contributed by atoms with Crippen LogP contribution in [-0.2, 0) is 16.1 Å². The highest BCUT2D eigenvalue weighted by molar-refractivity contribution is 7.98. The highest BCUT2D eigenvalue weighted by Gasteiger charge is 2.05. The monoisotopic (exact) mass is 337 g/mol. The van der Waals surface area contributed by atoms with Crippen molar-refractivity contribution in [2.45, 2.75) is 38.1 Å². The molecule has 1 aromatic rings. The van der Waals surface area contributed by atoms with Gasteiger partial charge in [-0.1, -0.05) is 12.1 Å². The van der Waals surface area contributed by atoms with Gasteiger partial charge in [-0.25, -0.2) is 0 Å². The number of nitrogens with one attached hydrogen (secondary N) is 2. The average molecular weight is 337 g/mol. The Bertz CT molecular complexity index is 533. The standard InChI is InChI=1S/C17H27N3O2S/c1-5-22-16(21)7-6-10-19-17(18-3)20-12-14-9-8-13(2)11-15(14)23-4/h8-9,11H,5-7,10,12H2,1-4H3,(H2,18,19,20). The molecular formula is C17H27N3O2S. The summed E-state index contributed by atoms with van der Waals surface area (Å²) in [6, 6.07) is 6.45. The minimum absolute atomic E-state index is 0.151. The zero-order valence-corrected chi connectivity index (χ0v) is 15.3. The van der Waals surface area contributed by atoms with Crippen molar-refractivity contribution < 1.29 is 9.53 Å². The molecule has 0 amide bonds. The number of nitrogens with zero attached hydrogens (tertiary/aromatic N) is 1. The number of ether oxygens (including phenoxy) is 1. The lowest BCUT2D eigenvalue weighted by molar-refractivity contribution is -0.143. The Balaban J connectivity index is 2.38. The van der Waals surface area contributed by atoms with Gasteiger partial charge < -0.3 is 15.4 Å². The van der Waals surface area contributed by atoms with Crippen LogP contribution < -0.4 is 10.6 Å². The first-order chi connectivity index (χ1) is 11.1. The van der Waals surface area contributed by atoms with Crippen molar-refractivity contribution in [3.8, 4) is 0 Å². The molecule has 0 radical (unpaired) electrons. The molecule has 0 saturated carbocycles. The van der Waals surface area contributed by atoms with Gasteiger partial charge in [0.1, 0.15) is 0 Å². The number of aliphatic imine (C=N–C) groups is 1. The maximum absolute atomic E-state index is 11.3. The molecule has 0 aliphatic carbocycles. The summed E-state index contributed by atoms with van der Waals surface area (Å²) < 4.78 is 4.90. The minimum Gasteiger partial charge on any atom is -0.466 e. The molecule has 0 fully saturated rings. The molecule has 23 heavy (non-hydrogen) atoms. The van der Waals surface area contributed by atoms with Crippen molar-refractivity contribution >= 4 is 23.7 Å². The van der Waals surface area contributed by atoms with Crippen LogP contribution in [0.15, 0.2) is 28.1 Å². The number of carbonyl (C=O) groups excluding carboxylic acids is 1. The zero-order valence-electron chi connectivity index (χ0n) is 14.4. The van der Waals surface area contributed by atoms with Crippen LogP contribution in [0.4, 0.5) is 0 Å². The summed E-state index contributed by atoms with van der Waals surface area (Å²) in [4.78, 5) is 16.7. The van der Waals surface area contributed by atoms with Crippen LogP contribution in [-0.4, -0.2) is 38.4 Å². The quantitative estimate of drug-likeness (QED) is 0.251. The first kappa shape index (κ1) is 19.4. The smallest absolute Gasteiger partial charge is 0.305 e. The van der Waals surface area contributed by atoms with Crippen molar-refractivity contribution in [2.24, 2.45) is 4.99 Å². The van der Waals surface area contributed by atoms with Crippen molar-refractivity contribution in [1.82, 2.24) is 10.6 Å². The second kappa shape index (κ2) is 10.9. The molecule has 0 unspecified atom stereocenters. The Morgan fingerprint density at radius 3 is 2.78 bits per heavy atom. The minimum atomic E-state index is -0.151. The summed E-state index contributed by atoms with van der Waals surface area (Å²) >= 11 is 1.75. The van der Waals surface area contributed by atoms with Gasteiger partial charge >= 0.3 is 5.97 Å². The number of guanidine groups is 1. The van der Waals surface area contributed by atoms with Crippen molar-refractivity contribution in [2.75, 3.05) is 26.5 Å². The van der Waals surface area contributed by atoms with E-state index in [0.29, 0.717) is 26.1 Å². The molecule has 0 aliphatic heterocycles.